The summed E-state index contributed by atoms with van der Waals surface area (Å²) >= 11 is 0. The first-order chi connectivity index (χ1) is 13.5. The summed E-state index contributed by atoms with van der Waals surface area (Å²) in [6.45, 7) is 0. The van der Waals surface area contributed by atoms with Crippen molar-refractivity contribution in [2.45, 2.75) is 0 Å². The molecule has 0 atom stereocenters. The molecule has 0 saturated heterocycles. The van der Waals surface area contributed by atoms with E-state index in [0.717, 1.165) is 5.39 Å². The lowest BCUT2D eigenvalue weighted by Crippen LogP contribution is -1.97. The van der Waals surface area contributed by atoms with Gasteiger partial charge in [-0.05, 0) is 48.5 Å². The molecule has 0 amide bonds. The molecule has 6 heteroatoms. The van der Waals surface area contributed by atoms with Gasteiger partial charge < -0.3 is 10.2 Å². The van der Waals surface area contributed by atoms with E-state index in [2.05, 4.69) is 9.97 Å². The van der Waals surface area contributed by atoms with Crippen molar-refractivity contribution in [2.75, 3.05) is 0 Å². The van der Waals surface area contributed by atoms with Gasteiger partial charge in [-0.2, -0.15) is 0 Å². The highest BCUT2D eigenvalue weighted by Crippen LogP contribution is 2.24. The monoisotopic (exact) mass is 370 g/mol. The maximum absolute atomic E-state index is 11.2. The van der Waals surface area contributed by atoms with Crippen LogP contribution in [0.5, 0.6) is 0 Å². The van der Waals surface area contributed by atoms with E-state index in [1.54, 1.807) is 36.4 Å². The summed E-state index contributed by atoms with van der Waals surface area (Å²) in [4.78, 5) is 31.5. The maximum Gasteiger partial charge on any atom is 0.335 e. The van der Waals surface area contributed by atoms with Crippen LogP contribution in [0.3, 0.4) is 0 Å². The zero-order valence-electron chi connectivity index (χ0n) is 14.5. The average molecular weight is 370 g/mol. The number of benzene rings is 2. The third-order valence-electron chi connectivity index (χ3n) is 4.36. The number of carboxylic acids is 2. The molecule has 0 fully saturated rings. The Morgan fingerprint density at radius 2 is 1.11 bits per heavy atom. The molecular weight excluding hydrogens is 356 g/mol. The van der Waals surface area contributed by atoms with Gasteiger partial charge in [0.25, 0.3) is 0 Å². The number of nitrogens with zero attached hydrogens (tertiary/aromatic N) is 2. The fourth-order valence-corrected chi connectivity index (χ4v) is 2.94. The number of pyridine rings is 2. The van der Waals surface area contributed by atoms with Crippen LogP contribution in [0.4, 0.5) is 0 Å². The van der Waals surface area contributed by atoms with Crippen LogP contribution < -0.4 is 0 Å². The molecule has 136 valence electrons. The van der Waals surface area contributed by atoms with Gasteiger partial charge in [0.15, 0.2) is 5.65 Å². The Bertz CT molecular complexity index is 1140. The Morgan fingerprint density at radius 3 is 1.54 bits per heavy atom. The van der Waals surface area contributed by atoms with Crippen molar-refractivity contribution in [1.82, 2.24) is 9.97 Å². The molecule has 6 nitrogen and oxygen atoms in total. The first-order valence-corrected chi connectivity index (χ1v) is 8.46. The number of aromatic nitrogens is 2. The predicted molar refractivity (Wildman–Crippen MR) is 104 cm³/mol. The fourth-order valence-electron chi connectivity index (χ4n) is 2.94. The van der Waals surface area contributed by atoms with E-state index in [9.17, 15) is 19.8 Å². The van der Waals surface area contributed by atoms with Gasteiger partial charge in [-0.25, -0.2) is 19.6 Å². The van der Waals surface area contributed by atoms with Crippen molar-refractivity contribution >= 4 is 23.0 Å². The molecule has 0 saturated carbocycles. The summed E-state index contributed by atoms with van der Waals surface area (Å²) in [7, 11) is 0. The molecule has 0 bridgehead atoms. The summed E-state index contributed by atoms with van der Waals surface area (Å²) in [5, 5.41) is 19.2. The van der Waals surface area contributed by atoms with E-state index in [-0.39, 0.29) is 11.1 Å². The zero-order chi connectivity index (χ0) is 19.7. The van der Waals surface area contributed by atoms with Gasteiger partial charge in [-0.15, -0.1) is 0 Å². The first kappa shape index (κ1) is 17.4. The van der Waals surface area contributed by atoms with Crippen molar-refractivity contribution in [1.29, 1.82) is 0 Å². The van der Waals surface area contributed by atoms with Gasteiger partial charge in [0.2, 0.25) is 0 Å². The van der Waals surface area contributed by atoms with Crippen LogP contribution in [0.15, 0.2) is 72.8 Å². The van der Waals surface area contributed by atoms with Gasteiger partial charge in [0.1, 0.15) is 0 Å². The van der Waals surface area contributed by atoms with Gasteiger partial charge in [-0.3, -0.25) is 0 Å². The summed E-state index contributed by atoms with van der Waals surface area (Å²) in [5.74, 6) is -2.00. The Balaban J connectivity index is 1.79. The van der Waals surface area contributed by atoms with Crippen LogP contribution in [0.1, 0.15) is 20.7 Å². The Hall–Kier alpha value is -4.06. The number of carbonyl (C=O) groups is 2. The van der Waals surface area contributed by atoms with E-state index < -0.39 is 11.9 Å². The highest BCUT2D eigenvalue weighted by Gasteiger charge is 2.09. The van der Waals surface area contributed by atoms with Crippen LogP contribution >= 0.6 is 0 Å². The molecule has 0 unspecified atom stereocenters. The summed E-state index contributed by atoms with van der Waals surface area (Å²) < 4.78 is 0. The van der Waals surface area contributed by atoms with Crippen LogP contribution in [-0.2, 0) is 0 Å². The molecule has 0 aliphatic carbocycles. The standard InChI is InChI=1S/C22H14N2O4/c25-21(26)16-5-1-3-14(11-16)18-9-7-13-8-10-19(24-20(13)23-18)15-4-2-6-17(12-15)22(27)28/h1-12H,(H,25,26)(H,27,28). The highest BCUT2D eigenvalue weighted by atomic mass is 16.4. The number of hydrogen-bond acceptors (Lipinski definition) is 4. The quantitative estimate of drug-likeness (QED) is 0.554. The molecule has 4 aromatic rings. The van der Waals surface area contributed by atoms with Crippen LogP contribution in [0, 0.1) is 0 Å². The highest BCUT2D eigenvalue weighted by molar-refractivity contribution is 5.90. The zero-order valence-corrected chi connectivity index (χ0v) is 14.5. The fraction of sp³-hybridized carbons (Fsp3) is 0. The normalized spacial score (nSPS) is 10.7. The van der Waals surface area contributed by atoms with E-state index in [0.29, 0.717) is 28.2 Å². The predicted octanol–water partition coefficient (Wildman–Crippen LogP) is 4.36. The Labute approximate surface area is 159 Å². The van der Waals surface area contributed by atoms with Gasteiger partial charge in [0, 0.05) is 16.5 Å². The molecule has 2 N–H and O–H groups in total. The minimum Gasteiger partial charge on any atom is -0.478 e. The van der Waals surface area contributed by atoms with Crippen LogP contribution in [0.2, 0.25) is 0 Å². The topological polar surface area (TPSA) is 100 Å². The van der Waals surface area contributed by atoms with Gasteiger partial charge >= 0.3 is 11.9 Å². The minimum absolute atomic E-state index is 0.187. The number of fused-ring (bicyclic) bond motifs is 1. The summed E-state index contributed by atoms with van der Waals surface area (Å²) in [6, 6.07) is 20.5. The summed E-state index contributed by atoms with van der Waals surface area (Å²) in [6.07, 6.45) is 0. The Morgan fingerprint density at radius 1 is 0.643 bits per heavy atom. The number of hydrogen-bond donors (Lipinski definition) is 2. The van der Waals surface area contributed by atoms with Crippen molar-refractivity contribution in [2.24, 2.45) is 0 Å². The second-order valence-electron chi connectivity index (χ2n) is 6.21. The lowest BCUT2D eigenvalue weighted by molar-refractivity contribution is 0.0686. The SMILES string of the molecule is O=C(O)c1cccc(-c2ccc3ccc(-c4cccc(C(=O)O)c4)nc3n2)c1. The molecule has 2 aromatic heterocycles. The average Bonchev–Trinajstić information content (AvgIpc) is 2.73. The smallest absolute Gasteiger partial charge is 0.335 e. The van der Waals surface area contributed by atoms with E-state index in [1.165, 1.54) is 12.1 Å². The first-order valence-electron chi connectivity index (χ1n) is 8.46. The van der Waals surface area contributed by atoms with Crippen molar-refractivity contribution in [3.63, 3.8) is 0 Å². The maximum atomic E-state index is 11.2. The van der Waals surface area contributed by atoms with Crippen molar-refractivity contribution in [3.05, 3.63) is 83.9 Å². The van der Waals surface area contributed by atoms with E-state index >= 15 is 0 Å². The van der Waals surface area contributed by atoms with Crippen molar-refractivity contribution in [3.8, 4) is 22.5 Å². The minimum atomic E-state index is -0.999. The van der Waals surface area contributed by atoms with Gasteiger partial charge in [0.05, 0.1) is 22.5 Å². The molecule has 2 heterocycles. The molecule has 0 aliphatic rings. The van der Waals surface area contributed by atoms with E-state index in [4.69, 9.17) is 0 Å². The molecular formula is C22H14N2O4. The third-order valence-corrected chi connectivity index (χ3v) is 4.36. The lowest BCUT2D eigenvalue weighted by atomic mass is 10.1. The molecule has 0 spiro atoms. The second kappa shape index (κ2) is 6.92. The molecule has 0 aliphatic heterocycles. The van der Waals surface area contributed by atoms with Crippen LogP contribution in [0.25, 0.3) is 33.5 Å². The second-order valence-corrected chi connectivity index (χ2v) is 6.21. The molecule has 2 aromatic carbocycles. The number of carboxylic acid groups (broad SMARTS) is 2. The third kappa shape index (κ3) is 3.31. The largest absolute Gasteiger partial charge is 0.478 e. The van der Waals surface area contributed by atoms with Crippen LogP contribution in [-0.4, -0.2) is 32.1 Å². The number of aromatic carboxylic acids is 2. The van der Waals surface area contributed by atoms with Crippen molar-refractivity contribution < 1.29 is 19.8 Å². The summed E-state index contributed by atoms with van der Waals surface area (Å²) in [5.41, 5.74) is 3.46. The molecule has 4 rings (SSSR count). The Kier molecular flexibility index (Phi) is 4.29. The molecule has 0 radical (unpaired) electrons. The van der Waals surface area contributed by atoms with Gasteiger partial charge in [-0.1, -0.05) is 24.3 Å². The van der Waals surface area contributed by atoms with E-state index in [1.807, 2.05) is 24.3 Å². The lowest BCUT2D eigenvalue weighted by Gasteiger charge is -2.07. The molecule has 28 heavy (non-hydrogen) atoms. The number of rotatable bonds is 4.